The van der Waals surface area contributed by atoms with E-state index in [9.17, 15) is 19.5 Å². The number of aliphatic hydroxyl groups excluding tert-OH is 1. The van der Waals surface area contributed by atoms with Crippen LogP contribution in [0.3, 0.4) is 0 Å². The fourth-order valence-electron chi connectivity index (χ4n) is 2.53. The number of β-lactam (4-membered cyclic amide) rings is 1. The Morgan fingerprint density at radius 2 is 2.29 bits per heavy atom. The van der Waals surface area contributed by atoms with E-state index in [-0.39, 0.29) is 24.2 Å². The molecule has 0 aromatic rings. The van der Waals surface area contributed by atoms with E-state index in [0.29, 0.717) is 0 Å². The van der Waals surface area contributed by atoms with Crippen molar-refractivity contribution >= 4 is 17.7 Å². The van der Waals surface area contributed by atoms with E-state index in [4.69, 9.17) is 0 Å². The lowest BCUT2D eigenvalue weighted by atomic mass is 9.84. The van der Waals surface area contributed by atoms with Gasteiger partial charge in [0.1, 0.15) is 0 Å². The Bertz CT molecular complexity index is 403. The molecule has 6 nitrogen and oxygen atoms in total. The number of fused-ring (bicyclic) bond motifs is 1. The highest BCUT2D eigenvalue weighted by atomic mass is 16.5. The van der Waals surface area contributed by atoms with E-state index in [0.717, 1.165) is 6.26 Å². The van der Waals surface area contributed by atoms with Gasteiger partial charge in [-0.05, 0) is 6.92 Å². The molecule has 0 radical (unpaired) electrons. The van der Waals surface area contributed by atoms with Crippen LogP contribution in [0.25, 0.3) is 0 Å². The van der Waals surface area contributed by atoms with E-state index in [1.165, 1.54) is 11.8 Å². The standard InChI is InChI=1S/C11H13NO5/c1-3-17-11(16)9-7(14)4-6-8(5(2)13)10(15)12(6)9/h3,5-6,8-9,13H,1,4H2,2H3/t5-,6-,8-,9?/m1/s1. The van der Waals surface area contributed by atoms with Crippen LogP contribution in [-0.2, 0) is 19.1 Å². The van der Waals surface area contributed by atoms with Gasteiger partial charge in [-0.3, -0.25) is 9.59 Å². The smallest absolute Gasteiger partial charge is 0.341 e. The van der Waals surface area contributed by atoms with Crippen molar-refractivity contribution in [3.8, 4) is 0 Å². The van der Waals surface area contributed by atoms with Crippen molar-refractivity contribution in [3.05, 3.63) is 12.8 Å². The van der Waals surface area contributed by atoms with Crippen LogP contribution in [0.1, 0.15) is 13.3 Å². The van der Waals surface area contributed by atoms with Gasteiger partial charge in [-0.2, -0.15) is 0 Å². The molecule has 6 heteroatoms. The number of ether oxygens (including phenoxy) is 1. The Hall–Kier alpha value is -1.69. The van der Waals surface area contributed by atoms with Crippen LogP contribution in [0.15, 0.2) is 12.8 Å². The van der Waals surface area contributed by atoms with Crippen molar-refractivity contribution in [1.29, 1.82) is 0 Å². The molecular formula is C11H13NO5. The summed E-state index contributed by atoms with van der Waals surface area (Å²) >= 11 is 0. The summed E-state index contributed by atoms with van der Waals surface area (Å²) in [6, 6.07) is -1.54. The van der Waals surface area contributed by atoms with Gasteiger partial charge >= 0.3 is 5.97 Å². The largest absolute Gasteiger partial charge is 0.433 e. The molecule has 0 saturated carbocycles. The zero-order valence-electron chi connectivity index (χ0n) is 9.33. The number of rotatable bonds is 3. The Morgan fingerprint density at radius 3 is 2.82 bits per heavy atom. The van der Waals surface area contributed by atoms with Gasteiger partial charge in [-0.15, -0.1) is 0 Å². The summed E-state index contributed by atoms with van der Waals surface area (Å²) in [6.07, 6.45) is 0.211. The van der Waals surface area contributed by atoms with Crippen molar-refractivity contribution < 1.29 is 24.2 Å². The molecule has 0 spiro atoms. The maximum absolute atomic E-state index is 11.7. The molecule has 0 aromatic heterocycles. The predicted molar refractivity (Wildman–Crippen MR) is 55.5 cm³/mol. The highest BCUT2D eigenvalue weighted by Gasteiger charge is 2.61. The van der Waals surface area contributed by atoms with Crippen molar-refractivity contribution in [1.82, 2.24) is 4.90 Å². The SMILES string of the molecule is C=COC(=O)C1C(=O)C[C@@H]2[C@@H]([C@@H](C)O)C(=O)N12. The van der Waals surface area contributed by atoms with Crippen LogP contribution in [0, 0.1) is 5.92 Å². The first-order valence-corrected chi connectivity index (χ1v) is 5.33. The number of Topliss-reactive ketones (excluding diaryl/α,β-unsaturated/α-hetero) is 1. The van der Waals surface area contributed by atoms with Gasteiger partial charge < -0.3 is 14.7 Å². The van der Waals surface area contributed by atoms with Crippen LogP contribution in [0.4, 0.5) is 0 Å². The molecule has 2 heterocycles. The van der Waals surface area contributed by atoms with Crippen LogP contribution in [0.2, 0.25) is 0 Å². The van der Waals surface area contributed by atoms with Crippen LogP contribution < -0.4 is 0 Å². The lowest BCUT2D eigenvalue weighted by molar-refractivity contribution is -0.170. The second kappa shape index (κ2) is 3.96. The summed E-state index contributed by atoms with van der Waals surface area (Å²) < 4.78 is 4.54. The lowest BCUT2D eigenvalue weighted by Gasteiger charge is -2.45. The number of hydrogen-bond acceptors (Lipinski definition) is 5. The first kappa shape index (κ1) is 11.8. The minimum atomic E-state index is -1.17. The van der Waals surface area contributed by atoms with E-state index in [2.05, 4.69) is 11.3 Å². The highest BCUT2D eigenvalue weighted by Crippen LogP contribution is 2.39. The summed E-state index contributed by atoms with van der Waals surface area (Å²) in [4.78, 5) is 36.1. The molecule has 0 aromatic carbocycles. The zero-order chi connectivity index (χ0) is 12.7. The number of carbonyl (C=O) groups is 3. The normalized spacial score (nSPS) is 32.8. The number of amides is 1. The van der Waals surface area contributed by atoms with Crippen molar-refractivity contribution in [3.63, 3.8) is 0 Å². The van der Waals surface area contributed by atoms with Gasteiger partial charge in [-0.25, -0.2) is 4.79 Å². The molecule has 0 aliphatic carbocycles. The molecule has 17 heavy (non-hydrogen) atoms. The Kier molecular flexibility index (Phi) is 2.74. The molecule has 1 unspecified atom stereocenters. The Morgan fingerprint density at radius 1 is 1.65 bits per heavy atom. The molecule has 0 bridgehead atoms. The lowest BCUT2D eigenvalue weighted by Crippen LogP contribution is -2.64. The van der Waals surface area contributed by atoms with E-state index in [1.807, 2.05) is 0 Å². The minimum absolute atomic E-state index is 0.0955. The third-order valence-corrected chi connectivity index (χ3v) is 3.25. The molecule has 2 rings (SSSR count). The number of carbonyl (C=O) groups excluding carboxylic acids is 3. The van der Waals surface area contributed by atoms with Gasteiger partial charge in [0.25, 0.3) is 0 Å². The van der Waals surface area contributed by atoms with Gasteiger partial charge in [0, 0.05) is 6.42 Å². The van der Waals surface area contributed by atoms with Gasteiger partial charge in [-0.1, -0.05) is 6.58 Å². The Balaban J connectivity index is 2.18. The molecule has 4 atom stereocenters. The van der Waals surface area contributed by atoms with Crippen molar-refractivity contribution in [2.75, 3.05) is 0 Å². The maximum atomic E-state index is 11.7. The second-order valence-corrected chi connectivity index (χ2v) is 4.26. The molecule has 92 valence electrons. The summed E-state index contributed by atoms with van der Waals surface area (Å²) in [6.45, 7) is 4.72. The highest BCUT2D eigenvalue weighted by molar-refractivity contribution is 6.11. The number of hydrogen-bond donors (Lipinski definition) is 1. The zero-order valence-corrected chi connectivity index (χ0v) is 9.33. The van der Waals surface area contributed by atoms with E-state index < -0.39 is 24.0 Å². The van der Waals surface area contributed by atoms with Gasteiger partial charge in [0.15, 0.2) is 11.8 Å². The summed E-state index contributed by atoms with van der Waals surface area (Å²) in [5, 5.41) is 9.41. The average Bonchev–Trinajstić information content (AvgIpc) is 2.51. The number of esters is 1. The third kappa shape index (κ3) is 1.56. The Labute approximate surface area is 97.8 Å². The second-order valence-electron chi connectivity index (χ2n) is 4.26. The van der Waals surface area contributed by atoms with Crippen LogP contribution >= 0.6 is 0 Å². The third-order valence-electron chi connectivity index (χ3n) is 3.25. The number of aliphatic hydroxyl groups is 1. The number of nitrogens with zero attached hydrogens (tertiary/aromatic N) is 1. The summed E-state index contributed by atoms with van der Waals surface area (Å²) in [5.74, 6) is -2.09. The quantitative estimate of drug-likeness (QED) is 0.302. The molecule has 1 amide bonds. The predicted octanol–water partition coefficient (Wildman–Crippen LogP) is -0.778. The van der Waals surface area contributed by atoms with Crippen molar-refractivity contribution in [2.24, 2.45) is 5.92 Å². The molecule has 2 aliphatic rings. The first-order valence-electron chi connectivity index (χ1n) is 5.33. The van der Waals surface area contributed by atoms with E-state index in [1.54, 1.807) is 0 Å². The molecular weight excluding hydrogens is 226 g/mol. The van der Waals surface area contributed by atoms with Gasteiger partial charge in [0.2, 0.25) is 5.91 Å². The summed E-state index contributed by atoms with van der Waals surface area (Å²) in [5.41, 5.74) is 0. The van der Waals surface area contributed by atoms with Crippen molar-refractivity contribution in [2.45, 2.75) is 31.5 Å². The number of ketones is 1. The first-order chi connectivity index (χ1) is 7.99. The molecule has 2 saturated heterocycles. The molecule has 2 aliphatic heterocycles. The topological polar surface area (TPSA) is 83.9 Å². The van der Waals surface area contributed by atoms with Crippen LogP contribution in [-0.4, -0.2) is 45.9 Å². The molecule has 2 fully saturated rings. The summed E-state index contributed by atoms with van der Waals surface area (Å²) in [7, 11) is 0. The minimum Gasteiger partial charge on any atom is -0.433 e. The monoisotopic (exact) mass is 239 g/mol. The molecule has 1 N–H and O–H groups in total. The fourth-order valence-corrected chi connectivity index (χ4v) is 2.53. The maximum Gasteiger partial charge on any atom is 0.341 e. The average molecular weight is 239 g/mol. The fraction of sp³-hybridized carbons (Fsp3) is 0.545. The van der Waals surface area contributed by atoms with E-state index >= 15 is 0 Å². The van der Waals surface area contributed by atoms with Crippen LogP contribution in [0.5, 0.6) is 0 Å². The van der Waals surface area contributed by atoms with Gasteiger partial charge in [0.05, 0.1) is 24.3 Å².